The Morgan fingerprint density at radius 2 is 2.05 bits per heavy atom. The summed E-state index contributed by atoms with van der Waals surface area (Å²) < 4.78 is 38.0. The number of nitrogens with zero attached hydrogens (tertiary/aromatic N) is 4. The maximum absolute atomic E-state index is 13.8. The third-order valence-electron chi connectivity index (χ3n) is 6.05. The van der Waals surface area contributed by atoms with Gasteiger partial charge in [0.25, 0.3) is 0 Å². The number of halogens is 1. The molecule has 1 aliphatic heterocycles. The highest BCUT2D eigenvalue weighted by Gasteiger charge is 2.39. The average molecular weight is 583 g/mol. The van der Waals surface area contributed by atoms with E-state index >= 15 is 0 Å². The number of aliphatic hydroxyl groups excluding tert-OH is 1. The largest absolute Gasteiger partial charge is 0.462 e. The Bertz CT molecular complexity index is 1370. The molecular formula is C24H32ClN6O7P. The van der Waals surface area contributed by atoms with Crippen molar-refractivity contribution in [1.82, 2.24) is 24.6 Å². The van der Waals surface area contributed by atoms with E-state index in [0.717, 1.165) is 11.1 Å². The molecule has 3 heterocycles. The van der Waals surface area contributed by atoms with E-state index in [1.165, 1.54) is 13.3 Å². The molecule has 0 spiro atoms. The number of carbonyl (C=O) groups excluding carboxylic acids is 1. The van der Waals surface area contributed by atoms with Crippen molar-refractivity contribution in [3.63, 3.8) is 0 Å². The third-order valence-corrected chi connectivity index (χ3v) is 7.88. The van der Waals surface area contributed by atoms with Crippen LogP contribution in [0, 0.1) is 6.92 Å². The molecule has 13 nitrogen and oxygen atoms in total. The van der Waals surface area contributed by atoms with Gasteiger partial charge in [0.1, 0.15) is 23.9 Å². The van der Waals surface area contributed by atoms with Crippen molar-refractivity contribution in [2.24, 2.45) is 0 Å². The zero-order valence-electron chi connectivity index (χ0n) is 22.0. The zero-order valence-corrected chi connectivity index (χ0v) is 23.6. The number of rotatable bonds is 11. The van der Waals surface area contributed by atoms with Gasteiger partial charge in [-0.15, -0.1) is 0 Å². The molecule has 5 atom stereocenters. The van der Waals surface area contributed by atoms with Gasteiger partial charge < -0.3 is 20.3 Å². The SMILES string of the molecule is Cc1ccccc1CO[P@](=O)(N[C@@H](C)C(=O)OC(C)C)OCC1OC(n2cnc3c(N)nc(Cl)nc32)CC1O. The molecule has 15 heteroatoms. The summed E-state index contributed by atoms with van der Waals surface area (Å²) in [5.41, 5.74) is 8.30. The molecule has 0 saturated carbocycles. The van der Waals surface area contributed by atoms with Crippen molar-refractivity contribution in [2.75, 3.05) is 12.3 Å². The zero-order chi connectivity index (χ0) is 28.3. The molecule has 4 rings (SSSR count). The van der Waals surface area contributed by atoms with Gasteiger partial charge in [0.05, 0.1) is 31.7 Å². The summed E-state index contributed by atoms with van der Waals surface area (Å²) in [6.07, 6.45) is -1.26. The lowest BCUT2D eigenvalue weighted by molar-refractivity contribution is -0.149. The molecule has 1 fully saturated rings. The number of nitrogens with two attached hydrogens (primary N) is 1. The second kappa shape index (κ2) is 12.3. The lowest BCUT2D eigenvalue weighted by Crippen LogP contribution is -2.36. The third kappa shape index (κ3) is 7.12. The maximum Gasteiger partial charge on any atom is 0.406 e. The fraction of sp³-hybridized carbons (Fsp3) is 0.500. The highest BCUT2D eigenvalue weighted by Crippen LogP contribution is 2.46. The minimum atomic E-state index is -4.08. The Labute approximate surface area is 230 Å². The number of hydrogen-bond acceptors (Lipinski definition) is 11. The molecule has 1 aliphatic rings. The van der Waals surface area contributed by atoms with E-state index in [1.807, 2.05) is 31.2 Å². The van der Waals surface area contributed by atoms with Crippen LogP contribution in [0.25, 0.3) is 11.2 Å². The van der Waals surface area contributed by atoms with Crippen LogP contribution in [-0.2, 0) is 34.5 Å². The number of benzene rings is 1. The summed E-state index contributed by atoms with van der Waals surface area (Å²) in [6, 6.07) is 6.45. The first-order chi connectivity index (χ1) is 18.5. The monoisotopic (exact) mass is 582 g/mol. The lowest BCUT2D eigenvalue weighted by atomic mass is 10.1. The van der Waals surface area contributed by atoms with Crippen LogP contribution >= 0.6 is 19.3 Å². The molecule has 0 amide bonds. The molecule has 0 radical (unpaired) electrons. The number of fused-ring (bicyclic) bond motifs is 1. The second-order valence-electron chi connectivity index (χ2n) is 9.46. The molecule has 3 aromatic rings. The van der Waals surface area contributed by atoms with Crippen molar-refractivity contribution in [3.05, 3.63) is 47.0 Å². The molecule has 3 unspecified atom stereocenters. The van der Waals surface area contributed by atoms with Gasteiger partial charge in [-0.2, -0.15) is 9.97 Å². The molecule has 0 aliphatic carbocycles. The molecule has 2 aromatic heterocycles. The lowest BCUT2D eigenvalue weighted by Gasteiger charge is -2.25. The maximum atomic E-state index is 13.8. The first-order valence-electron chi connectivity index (χ1n) is 12.4. The van der Waals surface area contributed by atoms with Crippen LogP contribution in [0.4, 0.5) is 5.82 Å². The van der Waals surface area contributed by atoms with Gasteiger partial charge in [-0.05, 0) is 50.4 Å². The van der Waals surface area contributed by atoms with Crippen molar-refractivity contribution in [2.45, 2.75) is 71.3 Å². The van der Waals surface area contributed by atoms with Gasteiger partial charge >= 0.3 is 13.7 Å². The fourth-order valence-corrected chi connectivity index (χ4v) is 5.62. The van der Waals surface area contributed by atoms with Gasteiger partial charge in [0.15, 0.2) is 11.5 Å². The summed E-state index contributed by atoms with van der Waals surface area (Å²) in [6.45, 7) is 6.48. The highest BCUT2D eigenvalue weighted by molar-refractivity contribution is 7.51. The quantitative estimate of drug-likeness (QED) is 0.171. The second-order valence-corrected chi connectivity index (χ2v) is 11.6. The molecule has 0 bridgehead atoms. The van der Waals surface area contributed by atoms with Crippen molar-refractivity contribution in [3.8, 4) is 0 Å². The predicted molar refractivity (Wildman–Crippen MR) is 143 cm³/mol. The number of aliphatic hydroxyl groups is 1. The first kappa shape index (κ1) is 29.3. The van der Waals surface area contributed by atoms with E-state index in [-0.39, 0.29) is 36.8 Å². The number of imidazole rings is 1. The predicted octanol–water partition coefficient (Wildman–Crippen LogP) is 3.29. The first-order valence-corrected chi connectivity index (χ1v) is 14.3. The van der Waals surface area contributed by atoms with Gasteiger partial charge in [-0.3, -0.25) is 18.4 Å². The number of hydrogen-bond donors (Lipinski definition) is 3. The summed E-state index contributed by atoms with van der Waals surface area (Å²) in [7, 11) is -4.08. The van der Waals surface area contributed by atoms with E-state index in [4.69, 9.17) is 35.9 Å². The van der Waals surface area contributed by atoms with Crippen molar-refractivity contribution in [1.29, 1.82) is 0 Å². The Kier molecular flexibility index (Phi) is 9.22. The summed E-state index contributed by atoms with van der Waals surface area (Å²) in [5, 5.41) is 13.3. The molecule has 4 N–H and O–H groups in total. The summed E-state index contributed by atoms with van der Waals surface area (Å²) in [5.74, 6) is -0.498. The van der Waals surface area contributed by atoms with Gasteiger partial charge in [-0.1, -0.05) is 24.3 Å². The number of anilines is 1. The highest BCUT2D eigenvalue weighted by atomic mass is 35.5. The van der Waals surface area contributed by atoms with Crippen LogP contribution in [0.5, 0.6) is 0 Å². The van der Waals surface area contributed by atoms with Crippen LogP contribution in [0.2, 0.25) is 5.28 Å². The van der Waals surface area contributed by atoms with E-state index < -0.39 is 38.2 Å². The number of nitrogens with one attached hydrogen (secondary N) is 1. The minimum absolute atomic E-state index is 0.0392. The number of esters is 1. The van der Waals surface area contributed by atoms with E-state index in [0.29, 0.717) is 11.2 Å². The van der Waals surface area contributed by atoms with E-state index in [9.17, 15) is 14.5 Å². The average Bonchev–Trinajstić information content (AvgIpc) is 3.45. The molecule has 39 heavy (non-hydrogen) atoms. The molecule has 1 aromatic carbocycles. The van der Waals surface area contributed by atoms with E-state index in [2.05, 4.69) is 20.0 Å². The number of nitrogen functional groups attached to an aromatic ring is 1. The van der Waals surface area contributed by atoms with Gasteiger partial charge in [0, 0.05) is 6.42 Å². The Hall–Kier alpha value is -2.64. The Balaban J connectivity index is 1.47. The topological polar surface area (TPSA) is 173 Å². The molecule has 212 valence electrons. The summed E-state index contributed by atoms with van der Waals surface area (Å²) >= 11 is 5.95. The van der Waals surface area contributed by atoms with E-state index in [1.54, 1.807) is 18.4 Å². The number of aromatic nitrogens is 4. The van der Waals surface area contributed by atoms with Gasteiger partial charge in [-0.25, -0.2) is 14.6 Å². The van der Waals surface area contributed by atoms with Crippen LogP contribution < -0.4 is 10.8 Å². The van der Waals surface area contributed by atoms with Crippen LogP contribution in [0.1, 0.15) is 44.5 Å². The number of aryl methyl sites for hydroxylation is 1. The van der Waals surface area contributed by atoms with Crippen LogP contribution in [0.15, 0.2) is 30.6 Å². The summed E-state index contributed by atoms with van der Waals surface area (Å²) in [4.78, 5) is 24.6. The van der Waals surface area contributed by atoms with Crippen molar-refractivity contribution < 1.29 is 33.0 Å². The minimum Gasteiger partial charge on any atom is -0.462 e. The Morgan fingerprint density at radius 1 is 1.31 bits per heavy atom. The number of ether oxygens (including phenoxy) is 2. The fourth-order valence-electron chi connectivity index (χ4n) is 3.99. The van der Waals surface area contributed by atoms with Gasteiger partial charge in [0.2, 0.25) is 5.28 Å². The smallest absolute Gasteiger partial charge is 0.406 e. The Morgan fingerprint density at radius 3 is 2.77 bits per heavy atom. The van der Waals surface area contributed by atoms with Crippen LogP contribution in [0.3, 0.4) is 0 Å². The molecular weight excluding hydrogens is 551 g/mol. The van der Waals surface area contributed by atoms with Crippen LogP contribution in [-0.4, -0.2) is 61.6 Å². The molecule has 1 saturated heterocycles. The standard InChI is InChI=1S/C24H32ClN6O7P/c1-13(2)37-23(33)15(4)30-39(34,35-10-16-8-6-5-7-14(16)3)36-11-18-17(32)9-19(38-18)31-12-27-20-21(26)28-24(25)29-22(20)31/h5-8,12-13,15,17-19,32H,9-11H2,1-4H3,(H,30,34)(H2,26,28,29)/t15-,17?,18?,19?,39+/m0/s1. The number of carbonyl (C=O) groups is 1. The normalized spacial score (nSPS) is 21.8. The van der Waals surface area contributed by atoms with Crippen molar-refractivity contribution >= 4 is 42.3 Å².